The first-order valence-electron chi connectivity index (χ1n) is 11.3. The third-order valence-corrected chi connectivity index (χ3v) is 6.54. The maximum atomic E-state index is 12.8. The molecule has 0 saturated heterocycles. The number of pyridine rings is 1. The number of nitrogens with zero attached hydrogens (tertiary/aromatic N) is 3. The van der Waals surface area contributed by atoms with E-state index in [1.54, 1.807) is 16.8 Å². The highest BCUT2D eigenvalue weighted by Gasteiger charge is 2.31. The van der Waals surface area contributed by atoms with Gasteiger partial charge in [0.25, 0.3) is 10.0 Å². The topological polar surface area (TPSA) is 132 Å². The van der Waals surface area contributed by atoms with Gasteiger partial charge < -0.3 is 10.1 Å². The Morgan fingerprint density at radius 2 is 1.94 bits per heavy atom. The predicted octanol–water partition coefficient (Wildman–Crippen LogP) is 2.83. The van der Waals surface area contributed by atoms with Crippen molar-refractivity contribution in [3.63, 3.8) is 0 Å². The highest BCUT2D eigenvalue weighted by Crippen LogP contribution is 2.24. The molecule has 2 N–H and O–H groups in total. The molecule has 2 aromatic rings. The Kier molecular flexibility index (Phi) is 9.75. The molecule has 0 bridgehead atoms. The van der Waals surface area contributed by atoms with Gasteiger partial charge in [-0.25, -0.2) is 22.9 Å². The minimum atomic E-state index is -3.94. The molecule has 0 unspecified atom stereocenters. The van der Waals surface area contributed by atoms with Gasteiger partial charge in [-0.3, -0.25) is 9.48 Å². The lowest BCUT2D eigenvalue weighted by Gasteiger charge is -2.31. The number of hydrogen-bond donors (Lipinski definition) is 2. The number of alkyl carbamates (subject to hydrolysis) is 1. The van der Waals surface area contributed by atoms with Crippen molar-refractivity contribution in [1.29, 1.82) is 0 Å². The zero-order valence-corrected chi connectivity index (χ0v) is 21.3. The van der Waals surface area contributed by atoms with E-state index in [0.29, 0.717) is 19.4 Å². The molecule has 11 heteroatoms. The fourth-order valence-corrected chi connectivity index (χ4v) is 4.06. The lowest BCUT2D eigenvalue weighted by atomic mass is 9.89. The van der Waals surface area contributed by atoms with E-state index in [0.717, 1.165) is 12.1 Å². The molecular weight excluding hydrogens is 458 g/mol. The van der Waals surface area contributed by atoms with E-state index < -0.39 is 40.6 Å². The SMILES string of the molecule is CCCC[C@H](NC(=O)O[C@H](Cn1ccc(C)n1)C(C)(C)C)C(=O)CNS(=O)(=O)c1ccccn1. The molecule has 2 aromatic heterocycles. The predicted molar refractivity (Wildman–Crippen MR) is 128 cm³/mol. The molecule has 1 amide bonds. The maximum absolute atomic E-state index is 12.8. The van der Waals surface area contributed by atoms with Crippen LogP contribution in [-0.2, 0) is 26.1 Å². The van der Waals surface area contributed by atoms with Crippen LogP contribution in [0.4, 0.5) is 4.79 Å². The lowest BCUT2D eigenvalue weighted by Crippen LogP contribution is -2.47. The quantitative estimate of drug-likeness (QED) is 0.464. The van der Waals surface area contributed by atoms with E-state index >= 15 is 0 Å². The molecule has 10 nitrogen and oxygen atoms in total. The normalized spacial score (nSPS) is 13.8. The van der Waals surface area contributed by atoms with E-state index in [1.165, 1.54) is 12.3 Å². The number of carbonyl (C=O) groups is 2. The minimum Gasteiger partial charge on any atom is -0.444 e. The molecule has 0 radical (unpaired) electrons. The molecule has 0 aliphatic rings. The summed E-state index contributed by atoms with van der Waals surface area (Å²) in [6.45, 7) is 9.59. The number of amides is 1. The van der Waals surface area contributed by atoms with E-state index in [-0.39, 0.29) is 10.4 Å². The van der Waals surface area contributed by atoms with Crippen molar-refractivity contribution in [3.8, 4) is 0 Å². The zero-order chi connectivity index (χ0) is 25.4. The number of Topliss-reactive ketones (excluding diaryl/α,β-unsaturated/α-hetero) is 1. The molecule has 0 aliphatic heterocycles. The van der Waals surface area contributed by atoms with Crippen LogP contribution in [0.3, 0.4) is 0 Å². The van der Waals surface area contributed by atoms with E-state index in [1.807, 2.05) is 46.9 Å². The van der Waals surface area contributed by atoms with Gasteiger partial charge in [0.15, 0.2) is 10.8 Å². The number of aromatic nitrogens is 3. The van der Waals surface area contributed by atoms with Crippen molar-refractivity contribution in [2.45, 2.75) is 77.6 Å². The molecule has 34 heavy (non-hydrogen) atoms. The van der Waals surface area contributed by atoms with Crippen LogP contribution in [0.25, 0.3) is 0 Å². The summed E-state index contributed by atoms with van der Waals surface area (Å²) in [6.07, 6.45) is 3.80. The average Bonchev–Trinajstić information content (AvgIpc) is 3.19. The van der Waals surface area contributed by atoms with Gasteiger partial charge in [0.1, 0.15) is 6.10 Å². The summed E-state index contributed by atoms with van der Waals surface area (Å²) in [5.41, 5.74) is 0.480. The van der Waals surface area contributed by atoms with E-state index in [4.69, 9.17) is 4.74 Å². The number of carbonyl (C=O) groups excluding carboxylic acids is 2. The van der Waals surface area contributed by atoms with Gasteiger partial charge in [-0.05, 0) is 31.5 Å². The molecule has 0 saturated carbocycles. The van der Waals surface area contributed by atoms with Crippen molar-refractivity contribution in [1.82, 2.24) is 24.8 Å². The van der Waals surface area contributed by atoms with E-state index in [9.17, 15) is 18.0 Å². The molecule has 2 heterocycles. The second-order valence-corrected chi connectivity index (χ2v) is 11.0. The second-order valence-electron chi connectivity index (χ2n) is 9.24. The van der Waals surface area contributed by atoms with Gasteiger partial charge in [-0.1, -0.05) is 46.6 Å². The van der Waals surface area contributed by atoms with Gasteiger partial charge >= 0.3 is 6.09 Å². The smallest absolute Gasteiger partial charge is 0.408 e. The molecular formula is C23H35N5O5S. The average molecular weight is 494 g/mol. The van der Waals surface area contributed by atoms with Crippen LogP contribution in [0, 0.1) is 12.3 Å². The van der Waals surface area contributed by atoms with Crippen LogP contribution in [0.5, 0.6) is 0 Å². The molecule has 2 atom stereocenters. The van der Waals surface area contributed by atoms with Crippen molar-refractivity contribution in [2.24, 2.45) is 5.41 Å². The number of hydrogen-bond acceptors (Lipinski definition) is 7. The third kappa shape index (κ3) is 8.53. The Morgan fingerprint density at radius 1 is 1.21 bits per heavy atom. The third-order valence-electron chi connectivity index (χ3n) is 5.22. The molecule has 2 rings (SSSR count). The van der Waals surface area contributed by atoms with Crippen molar-refractivity contribution in [2.75, 3.05) is 6.54 Å². The minimum absolute atomic E-state index is 0.179. The fraction of sp³-hybridized carbons (Fsp3) is 0.565. The summed E-state index contributed by atoms with van der Waals surface area (Å²) < 4.78 is 34.4. The number of ketones is 1. The van der Waals surface area contributed by atoms with Gasteiger partial charge in [0, 0.05) is 17.8 Å². The first-order valence-corrected chi connectivity index (χ1v) is 12.8. The second kappa shape index (κ2) is 12.1. The molecule has 0 aromatic carbocycles. The Morgan fingerprint density at radius 3 is 2.50 bits per heavy atom. The Bertz CT molecular complexity index is 1050. The molecule has 188 valence electrons. The van der Waals surface area contributed by atoms with Crippen LogP contribution < -0.4 is 10.0 Å². The molecule has 0 fully saturated rings. The Labute approximate surface area is 201 Å². The zero-order valence-electron chi connectivity index (χ0n) is 20.4. The molecule has 0 spiro atoms. The van der Waals surface area contributed by atoms with Crippen LogP contribution in [0.15, 0.2) is 41.7 Å². The largest absolute Gasteiger partial charge is 0.444 e. The standard InChI is InChI=1S/C23H35N5O5S/c1-6-7-10-18(19(29)15-25-34(31,32)21-11-8-9-13-24-21)26-22(30)33-20(23(3,4)5)16-28-14-12-17(2)27-28/h8-9,11-14,18,20,25H,6-7,10,15-16H2,1-5H3,(H,26,30)/t18-,20+/m0/s1. The van der Waals surface area contributed by atoms with Crippen LogP contribution >= 0.6 is 0 Å². The highest BCUT2D eigenvalue weighted by atomic mass is 32.2. The highest BCUT2D eigenvalue weighted by molar-refractivity contribution is 7.89. The monoisotopic (exact) mass is 493 g/mol. The maximum Gasteiger partial charge on any atom is 0.408 e. The summed E-state index contributed by atoms with van der Waals surface area (Å²) in [4.78, 5) is 29.3. The van der Waals surface area contributed by atoms with Gasteiger partial charge in [-0.2, -0.15) is 5.10 Å². The Balaban J connectivity index is 2.03. The summed E-state index contributed by atoms with van der Waals surface area (Å²) >= 11 is 0. The van der Waals surface area contributed by atoms with Crippen LogP contribution in [0.1, 0.15) is 52.7 Å². The number of rotatable bonds is 12. The number of sulfonamides is 1. The van der Waals surface area contributed by atoms with Crippen LogP contribution in [0.2, 0.25) is 0 Å². The summed E-state index contributed by atoms with van der Waals surface area (Å²) in [5, 5.41) is 6.81. The first kappa shape index (κ1) is 27.5. The fourth-order valence-electron chi connectivity index (χ4n) is 3.12. The van der Waals surface area contributed by atoms with Crippen molar-refractivity contribution in [3.05, 3.63) is 42.4 Å². The number of aryl methyl sites for hydroxylation is 1. The van der Waals surface area contributed by atoms with E-state index in [2.05, 4.69) is 20.1 Å². The number of unbranched alkanes of at least 4 members (excludes halogenated alkanes) is 1. The summed E-state index contributed by atoms with van der Waals surface area (Å²) in [7, 11) is -3.94. The number of ether oxygens (including phenoxy) is 1. The van der Waals surface area contributed by atoms with Gasteiger partial charge in [0.05, 0.1) is 24.8 Å². The van der Waals surface area contributed by atoms with Gasteiger partial charge in [0.2, 0.25) is 0 Å². The number of nitrogens with one attached hydrogen (secondary N) is 2. The summed E-state index contributed by atoms with van der Waals surface area (Å²) in [5.74, 6) is -0.458. The van der Waals surface area contributed by atoms with Crippen molar-refractivity contribution < 1.29 is 22.7 Å². The lowest BCUT2D eigenvalue weighted by molar-refractivity contribution is -0.120. The Hall–Kier alpha value is -2.79. The van der Waals surface area contributed by atoms with Crippen LogP contribution in [-0.4, -0.2) is 53.7 Å². The van der Waals surface area contributed by atoms with Crippen molar-refractivity contribution >= 4 is 21.9 Å². The molecule has 0 aliphatic carbocycles. The summed E-state index contributed by atoms with van der Waals surface area (Å²) in [6, 6.07) is 5.46. The van der Waals surface area contributed by atoms with Gasteiger partial charge in [-0.15, -0.1) is 0 Å². The first-order chi connectivity index (χ1) is 15.9.